The van der Waals surface area contributed by atoms with Gasteiger partial charge in [0.2, 0.25) is 0 Å². The van der Waals surface area contributed by atoms with E-state index < -0.39 is 23.6 Å². The summed E-state index contributed by atoms with van der Waals surface area (Å²) >= 11 is 0. The summed E-state index contributed by atoms with van der Waals surface area (Å²) in [6.45, 7) is 12.0. The Bertz CT molecular complexity index is 734. The number of rotatable bonds is 10. The SMILES string of the molecule is C=C1C=C2C=C[C@H](C)[C@H](CC[C@@H](O)C[C@@H](O)CC(=O)O)[C@H]2[C@@H](OC(=O)C(C)(C)CC)C1. The van der Waals surface area contributed by atoms with Crippen LogP contribution in [0.2, 0.25) is 0 Å². The van der Waals surface area contributed by atoms with E-state index in [9.17, 15) is 19.8 Å². The molecule has 0 bridgehead atoms. The minimum atomic E-state index is -1.08. The van der Waals surface area contributed by atoms with Gasteiger partial charge in [-0.05, 0) is 56.9 Å². The Kier molecular flexibility index (Phi) is 8.66. The molecule has 0 heterocycles. The molecule has 0 aromatic rings. The Labute approximate surface area is 185 Å². The molecule has 0 saturated heterocycles. The van der Waals surface area contributed by atoms with Gasteiger partial charge in [0.1, 0.15) is 6.10 Å². The Balaban J connectivity index is 2.13. The molecule has 0 spiro atoms. The Hall–Kier alpha value is -1.92. The molecule has 31 heavy (non-hydrogen) atoms. The number of fused-ring (bicyclic) bond motifs is 1. The Morgan fingerprint density at radius 2 is 1.97 bits per heavy atom. The lowest BCUT2D eigenvalue weighted by atomic mass is 9.66. The van der Waals surface area contributed by atoms with Crippen LogP contribution in [0.5, 0.6) is 0 Å². The van der Waals surface area contributed by atoms with Crippen molar-refractivity contribution in [2.75, 3.05) is 0 Å². The fourth-order valence-electron chi connectivity index (χ4n) is 4.51. The molecule has 0 unspecified atom stereocenters. The van der Waals surface area contributed by atoms with Crippen molar-refractivity contribution < 1.29 is 29.6 Å². The van der Waals surface area contributed by atoms with Crippen molar-refractivity contribution >= 4 is 11.9 Å². The number of ether oxygens (including phenoxy) is 1. The average Bonchev–Trinajstić information content (AvgIpc) is 2.66. The van der Waals surface area contributed by atoms with E-state index in [1.807, 2.05) is 20.8 Å². The van der Waals surface area contributed by atoms with Gasteiger partial charge in [0.25, 0.3) is 0 Å². The monoisotopic (exact) mass is 434 g/mol. The van der Waals surface area contributed by atoms with E-state index in [1.165, 1.54) is 0 Å². The lowest BCUT2D eigenvalue weighted by Crippen LogP contribution is -2.42. The maximum atomic E-state index is 12.8. The summed E-state index contributed by atoms with van der Waals surface area (Å²) in [7, 11) is 0. The van der Waals surface area contributed by atoms with Crippen molar-refractivity contribution in [2.24, 2.45) is 23.2 Å². The fraction of sp³-hybridized carbons (Fsp3) is 0.680. The van der Waals surface area contributed by atoms with E-state index in [1.54, 1.807) is 0 Å². The quantitative estimate of drug-likeness (QED) is 0.449. The third-order valence-electron chi connectivity index (χ3n) is 6.83. The lowest BCUT2D eigenvalue weighted by molar-refractivity contribution is -0.163. The molecule has 3 N–H and O–H groups in total. The molecule has 0 aromatic heterocycles. The van der Waals surface area contributed by atoms with Gasteiger partial charge in [-0.3, -0.25) is 9.59 Å². The first-order valence-electron chi connectivity index (χ1n) is 11.3. The van der Waals surface area contributed by atoms with Crippen LogP contribution in [-0.2, 0) is 14.3 Å². The van der Waals surface area contributed by atoms with Gasteiger partial charge >= 0.3 is 11.9 Å². The number of aliphatic hydroxyl groups excluding tert-OH is 2. The van der Waals surface area contributed by atoms with Crippen molar-refractivity contribution in [3.8, 4) is 0 Å². The van der Waals surface area contributed by atoms with Gasteiger partial charge in [0.05, 0.1) is 24.0 Å². The number of carbonyl (C=O) groups excluding carboxylic acids is 1. The summed E-state index contributed by atoms with van der Waals surface area (Å²) in [5.74, 6) is -0.851. The first-order valence-corrected chi connectivity index (χ1v) is 11.3. The fourth-order valence-corrected chi connectivity index (χ4v) is 4.51. The van der Waals surface area contributed by atoms with Gasteiger partial charge in [0.15, 0.2) is 0 Å². The maximum Gasteiger partial charge on any atom is 0.311 e. The highest BCUT2D eigenvalue weighted by Crippen LogP contribution is 2.45. The van der Waals surface area contributed by atoms with Crippen molar-refractivity contribution in [2.45, 2.75) is 84.5 Å². The van der Waals surface area contributed by atoms with E-state index in [0.717, 1.165) is 11.1 Å². The average molecular weight is 435 g/mol. The molecule has 0 aromatic carbocycles. The normalized spacial score (nSPS) is 27.8. The summed E-state index contributed by atoms with van der Waals surface area (Å²) in [5, 5.41) is 28.9. The van der Waals surface area contributed by atoms with E-state index in [4.69, 9.17) is 9.84 Å². The summed E-state index contributed by atoms with van der Waals surface area (Å²) in [6, 6.07) is 0. The molecule has 2 aliphatic rings. The largest absolute Gasteiger partial charge is 0.481 e. The lowest BCUT2D eigenvalue weighted by Gasteiger charge is -2.43. The summed E-state index contributed by atoms with van der Waals surface area (Å²) in [5.41, 5.74) is 1.49. The van der Waals surface area contributed by atoms with Crippen LogP contribution in [0.3, 0.4) is 0 Å². The van der Waals surface area contributed by atoms with E-state index >= 15 is 0 Å². The number of allylic oxidation sites excluding steroid dienone is 3. The highest BCUT2D eigenvalue weighted by Gasteiger charge is 2.42. The van der Waals surface area contributed by atoms with Crippen LogP contribution in [0.4, 0.5) is 0 Å². The van der Waals surface area contributed by atoms with Crippen LogP contribution < -0.4 is 0 Å². The first kappa shape index (κ1) is 25.3. The minimum Gasteiger partial charge on any atom is -0.481 e. The number of carbonyl (C=O) groups is 2. The van der Waals surface area contributed by atoms with Crippen molar-refractivity contribution in [1.82, 2.24) is 0 Å². The molecule has 0 fully saturated rings. The molecular formula is C25H38O6. The number of aliphatic carboxylic acids is 1. The standard InChI is InChI=1S/C25H38O6/c1-6-25(4,5)24(30)31-21-12-15(2)11-17-8-7-16(3)20(23(17)21)10-9-18(26)13-19(27)14-22(28)29/h7-8,11,16,18-21,23,26-27H,2,6,9-10,12-14H2,1,3-5H3,(H,28,29)/t16-,18+,19+,20-,21-,23-/m0/s1. The molecule has 0 radical (unpaired) electrons. The number of esters is 1. The third kappa shape index (κ3) is 6.78. The smallest absolute Gasteiger partial charge is 0.311 e. The molecular weight excluding hydrogens is 396 g/mol. The summed E-state index contributed by atoms with van der Waals surface area (Å²) in [4.78, 5) is 23.5. The number of carboxylic acids is 1. The van der Waals surface area contributed by atoms with Crippen molar-refractivity contribution in [1.29, 1.82) is 0 Å². The minimum absolute atomic E-state index is 0.0262. The molecule has 0 saturated carbocycles. The maximum absolute atomic E-state index is 12.8. The van der Waals surface area contributed by atoms with Gasteiger partial charge in [-0.25, -0.2) is 0 Å². The van der Waals surface area contributed by atoms with Gasteiger partial charge in [0, 0.05) is 12.3 Å². The number of hydrogen-bond acceptors (Lipinski definition) is 5. The Morgan fingerprint density at radius 3 is 2.58 bits per heavy atom. The number of aliphatic hydroxyl groups is 2. The molecule has 0 aliphatic heterocycles. The van der Waals surface area contributed by atoms with Crippen LogP contribution in [0.1, 0.15) is 66.2 Å². The second-order valence-corrected chi connectivity index (χ2v) is 9.81. The van der Waals surface area contributed by atoms with E-state index in [-0.39, 0.29) is 42.7 Å². The molecule has 0 amide bonds. The molecule has 174 valence electrons. The number of carboxylic acid groups (broad SMARTS) is 1. The van der Waals surface area contributed by atoms with Gasteiger partial charge in [-0.1, -0.05) is 44.2 Å². The summed E-state index contributed by atoms with van der Waals surface area (Å²) in [6.07, 6.45) is 6.26. The van der Waals surface area contributed by atoms with Crippen molar-refractivity contribution in [3.05, 3.63) is 36.0 Å². The van der Waals surface area contributed by atoms with Crippen LogP contribution >= 0.6 is 0 Å². The highest BCUT2D eigenvalue weighted by molar-refractivity contribution is 5.76. The van der Waals surface area contributed by atoms with E-state index in [2.05, 4.69) is 31.7 Å². The van der Waals surface area contributed by atoms with Crippen LogP contribution in [0.15, 0.2) is 36.0 Å². The third-order valence-corrected chi connectivity index (χ3v) is 6.83. The molecule has 6 atom stereocenters. The highest BCUT2D eigenvalue weighted by atomic mass is 16.5. The van der Waals surface area contributed by atoms with Crippen LogP contribution in [0.25, 0.3) is 0 Å². The predicted molar refractivity (Wildman–Crippen MR) is 119 cm³/mol. The van der Waals surface area contributed by atoms with Crippen LogP contribution in [-0.4, -0.2) is 45.6 Å². The van der Waals surface area contributed by atoms with E-state index in [0.29, 0.717) is 25.7 Å². The molecule has 6 nitrogen and oxygen atoms in total. The van der Waals surface area contributed by atoms with Crippen molar-refractivity contribution in [3.63, 3.8) is 0 Å². The van der Waals surface area contributed by atoms with Gasteiger partial charge in [-0.2, -0.15) is 0 Å². The predicted octanol–water partition coefficient (Wildman–Crippen LogP) is 4.03. The second kappa shape index (κ2) is 10.6. The van der Waals surface area contributed by atoms with Gasteiger partial charge in [-0.15, -0.1) is 0 Å². The zero-order chi connectivity index (χ0) is 23.3. The molecule has 2 rings (SSSR count). The second-order valence-electron chi connectivity index (χ2n) is 9.81. The zero-order valence-electron chi connectivity index (χ0n) is 19.2. The van der Waals surface area contributed by atoms with Crippen LogP contribution in [0, 0.1) is 23.2 Å². The van der Waals surface area contributed by atoms with Gasteiger partial charge < -0.3 is 20.1 Å². The molecule has 2 aliphatic carbocycles. The topological polar surface area (TPSA) is 104 Å². The summed E-state index contributed by atoms with van der Waals surface area (Å²) < 4.78 is 6.04. The number of hydrogen-bond donors (Lipinski definition) is 3. The first-order chi connectivity index (χ1) is 14.4. The zero-order valence-corrected chi connectivity index (χ0v) is 19.2. The molecule has 6 heteroatoms. The Morgan fingerprint density at radius 1 is 1.29 bits per heavy atom.